The number of nitrogens with one attached hydrogen (secondary N) is 1. The fourth-order valence-electron chi connectivity index (χ4n) is 7.67. The smallest absolute Gasteiger partial charge is 0.0514 e. The third-order valence-electron chi connectivity index (χ3n) is 8.64. The normalized spacial score (nSPS) is 28.7. The molecule has 4 heteroatoms. The number of aryl methyl sites for hydroxylation is 1. The molecule has 7 rings (SSSR count). The van der Waals surface area contributed by atoms with Gasteiger partial charge in [-0.15, -0.1) is 0 Å². The van der Waals surface area contributed by atoms with Gasteiger partial charge in [0.1, 0.15) is 0 Å². The van der Waals surface area contributed by atoms with E-state index in [1.807, 2.05) is 18.2 Å². The van der Waals surface area contributed by atoms with Gasteiger partial charge in [0, 0.05) is 21.5 Å². The molecular weight excluding hydrogens is 435 g/mol. The lowest BCUT2D eigenvalue weighted by atomic mass is 9.48. The molecule has 0 amide bonds. The molecule has 3 N–H and O–H groups in total. The van der Waals surface area contributed by atoms with Gasteiger partial charge in [0.15, 0.2) is 0 Å². The van der Waals surface area contributed by atoms with E-state index in [4.69, 9.17) is 28.9 Å². The first kappa shape index (κ1) is 21.1. The van der Waals surface area contributed by atoms with Crippen molar-refractivity contribution in [2.45, 2.75) is 63.2 Å². The van der Waals surface area contributed by atoms with Crippen LogP contribution in [0.3, 0.4) is 0 Å². The maximum atomic E-state index is 6.64. The quantitative estimate of drug-likeness (QED) is 0.356. The molecule has 1 heterocycles. The van der Waals surface area contributed by atoms with Gasteiger partial charge in [-0.25, -0.2) is 0 Å². The summed E-state index contributed by atoms with van der Waals surface area (Å²) in [7, 11) is 0. The van der Waals surface area contributed by atoms with Crippen molar-refractivity contribution in [3.8, 4) is 11.3 Å². The minimum atomic E-state index is 0.410. The number of nitrogens with two attached hydrogens (primary N) is 1. The topological polar surface area (TPSA) is 41.8 Å². The van der Waals surface area contributed by atoms with E-state index in [0.717, 1.165) is 54.8 Å². The second-order valence-corrected chi connectivity index (χ2v) is 11.7. The van der Waals surface area contributed by atoms with Crippen LogP contribution in [0.1, 0.15) is 62.5 Å². The summed E-state index contributed by atoms with van der Waals surface area (Å²) < 4.78 is 0. The van der Waals surface area contributed by atoms with Crippen molar-refractivity contribution >= 4 is 34.1 Å². The predicted octanol–water partition coefficient (Wildman–Crippen LogP) is 7.89. The molecule has 168 valence electrons. The Morgan fingerprint density at radius 3 is 2.28 bits per heavy atom. The molecule has 0 radical (unpaired) electrons. The predicted molar refractivity (Wildman–Crippen MR) is 136 cm³/mol. The van der Waals surface area contributed by atoms with Crippen molar-refractivity contribution in [1.29, 1.82) is 0 Å². The highest BCUT2D eigenvalue weighted by molar-refractivity contribution is 6.36. The molecule has 4 bridgehead atoms. The number of unbranched alkanes of at least 4 members (excludes halogenated alkanes) is 1. The maximum absolute atomic E-state index is 6.64. The van der Waals surface area contributed by atoms with Gasteiger partial charge in [0.25, 0.3) is 0 Å². The van der Waals surface area contributed by atoms with Gasteiger partial charge in [0.05, 0.1) is 10.7 Å². The van der Waals surface area contributed by atoms with Crippen molar-refractivity contribution in [2.75, 3.05) is 6.54 Å². The summed E-state index contributed by atoms with van der Waals surface area (Å²) in [6, 6.07) is 13.1. The third-order valence-corrected chi connectivity index (χ3v) is 9.19. The number of H-pyrrole nitrogens is 1. The number of fused-ring (bicyclic) bond motifs is 1. The minimum Gasteiger partial charge on any atom is -0.354 e. The van der Waals surface area contributed by atoms with Gasteiger partial charge in [-0.05, 0) is 129 Å². The Labute approximate surface area is 200 Å². The number of benzene rings is 2. The molecule has 0 saturated heterocycles. The Balaban J connectivity index is 1.46. The van der Waals surface area contributed by atoms with Crippen LogP contribution < -0.4 is 5.73 Å². The van der Waals surface area contributed by atoms with E-state index >= 15 is 0 Å². The van der Waals surface area contributed by atoms with Gasteiger partial charge in [-0.3, -0.25) is 0 Å². The Kier molecular flexibility index (Phi) is 5.32. The number of hydrogen-bond donors (Lipinski definition) is 2. The van der Waals surface area contributed by atoms with E-state index in [-0.39, 0.29) is 0 Å². The summed E-state index contributed by atoms with van der Waals surface area (Å²) >= 11 is 12.8. The summed E-state index contributed by atoms with van der Waals surface area (Å²) in [6.45, 7) is 0.734. The fourth-order valence-corrected chi connectivity index (χ4v) is 8.17. The molecule has 4 aliphatic carbocycles. The Bertz CT molecular complexity index is 1130. The Hall–Kier alpha value is -1.48. The lowest BCUT2D eigenvalue weighted by Gasteiger charge is -2.57. The average molecular weight is 467 g/mol. The molecule has 0 unspecified atom stereocenters. The third kappa shape index (κ3) is 3.50. The van der Waals surface area contributed by atoms with Crippen LogP contribution in [-0.2, 0) is 11.8 Å². The van der Waals surface area contributed by atoms with E-state index in [9.17, 15) is 0 Å². The van der Waals surface area contributed by atoms with Gasteiger partial charge in [-0.2, -0.15) is 0 Å². The highest BCUT2D eigenvalue weighted by Gasteiger charge is 2.51. The minimum absolute atomic E-state index is 0.410. The first-order valence-corrected chi connectivity index (χ1v) is 13.1. The van der Waals surface area contributed by atoms with Gasteiger partial charge in [0.2, 0.25) is 0 Å². The molecule has 2 aromatic carbocycles. The first-order valence-electron chi connectivity index (χ1n) is 12.4. The second-order valence-electron chi connectivity index (χ2n) is 10.8. The molecule has 4 aliphatic rings. The van der Waals surface area contributed by atoms with E-state index in [1.54, 1.807) is 5.56 Å². The maximum Gasteiger partial charge on any atom is 0.0514 e. The van der Waals surface area contributed by atoms with Crippen LogP contribution in [0.25, 0.3) is 22.2 Å². The molecule has 0 spiro atoms. The van der Waals surface area contributed by atoms with Crippen molar-refractivity contribution in [1.82, 2.24) is 4.98 Å². The summed E-state index contributed by atoms with van der Waals surface area (Å²) in [5, 5.41) is 2.74. The van der Waals surface area contributed by atoms with E-state index in [1.165, 1.54) is 55.0 Å². The van der Waals surface area contributed by atoms with Gasteiger partial charge in [-0.1, -0.05) is 29.3 Å². The second kappa shape index (κ2) is 8.08. The zero-order valence-corrected chi connectivity index (χ0v) is 20.1. The van der Waals surface area contributed by atoms with Crippen LogP contribution in [0.4, 0.5) is 0 Å². The molecule has 32 heavy (non-hydrogen) atoms. The van der Waals surface area contributed by atoms with Crippen molar-refractivity contribution < 1.29 is 0 Å². The standard InChI is InChI=1S/C28H32Cl2N2/c29-21-5-6-23(25(30)13-21)27-22(3-1-2-8-31)24-12-20(4-7-26(24)32-27)28-14-17-9-18(15-28)11-19(10-17)16-28/h4-7,12-13,17-19,32H,1-3,8-11,14-16,31H2. The molecule has 4 fully saturated rings. The van der Waals surface area contributed by atoms with E-state index < -0.39 is 0 Å². The molecule has 0 aliphatic heterocycles. The highest BCUT2D eigenvalue weighted by atomic mass is 35.5. The molecule has 3 aromatic rings. The fraction of sp³-hybridized carbons (Fsp3) is 0.500. The van der Waals surface area contributed by atoms with Gasteiger partial charge >= 0.3 is 0 Å². The first-order chi connectivity index (χ1) is 15.5. The molecule has 4 saturated carbocycles. The SMILES string of the molecule is NCCCCc1c(-c2ccc(Cl)cc2Cl)[nH]c2ccc(C34CC5CC(CC(C5)C3)C4)cc12. The number of aromatic nitrogens is 1. The van der Waals surface area contributed by atoms with Crippen molar-refractivity contribution in [3.63, 3.8) is 0 Å². The monoisotopic (exact) mass is 466 g/mol. The van der Waals surface area contributed by atoms with Crippen LogP contribution in [-0.4, -0.2) is 11.5 Å². The summed E-state index contributed by atoms with van der Waals surface area (Å²) in [5.74, 6) is 2.86. The van der Waals surface area contributed by atoms with Crippen LogP contribution in [0.5, 0.6) is 0 Å². The van der Waals surface area contributed by atoms with Crippen molar-refractivity contribution in [3.05, 3.63) is 57.6 Å². The van der Waals surface area contributed by atoms with Crippen LogP contribution in [0, 0.1) is 17.8 Å². The highest BCUT2D eigenvalue weighted by Crippen LogP contribution is 2.61. The van der Waals surface area contributed by atoms with Gasteiger partial charge < -0.3 is 10.7 Å². The Morgan fingerprint density at radius 1 is 0.906 bits per heavy atom. The van der Waals surface area contributed by atoms with E-state index in [2.05, 4.69) is 23.2 Å². The summed E-state index contributed by atoms with van der Waals surface area (Å²) in [4.78, 5) is 3.71. The number of hydrogen-bond acceptors (Lipinski definition) is 1. The van der Waals surface area contributed by atoms with E-state index in [0.29, 0.717) is 15.5 Å². The molecule has 1 aromatic heterocycles. The van der Waals surface area contributed by atoms with Crippen LogP contribution >= 0.6 is 23.2 Å². The Morgan fingerprint density at radius 2 is 1.62 bits per heavy atom. The lowest BCUT2D eigenvalue weighted by Crippen LogP contribution is -2.48. The van der Waals surface area contributed by atoms with Crippen LogP contribution in [0.2, 0.25) is 10.0 Å². The number of rotatable bonds is 6. The molecule has 0 atom stereocenters. The zero-order chi connectivity index (χ0) is 21.9. The number of aromatic amines is 1. The largest absolute Gasteiger partial charge is 0.354 e. The summed E-state index contributed by atoms with van der Waals surface area (Å²) in [5.41, 5.74) is 12.6. The molecule has 2 nitrogen and oxygen atoms in total. The average Bonchev–Trinajstić information content (AvgIpc) is 3.10. The number of halogens is 2. The molecular formula is C28H32Cl2N2. The zero-order valence-electron chi connectivity index (χ0n) is 18.6. The lowest BCUT2D eigenvalue weighted by molar-refractivity contribution is -0.00513. The summed E-state index contributed by atoms with van der Waals surface area (Å²) in [6.07, 6.45) is 11.8. The van der Waals surface area contributed by atoms with Crippen LogP contribution in [0.15, 0.2) is 36.4 Å². The van der Waals surface area contributed by atoms with Crippen molar-refractivity contribution in [2.24, 2.45) is 23.5 Å².